The van der Waals surface area contributed by atoms with Crippen LogP contribution in [0.5, 0.6) is 0 Å². The molecule has 0 spiro atoms. The zero-order chi connectivity index (χ0) is 13.9. The first-order valence-electron chi connectivity index (χ1n) is 6.44. The average molecular weight is 328 g/mol. The number of rotatable bonds is 3. The maximum atomic E-state index is 4.61. The summed E-state index contributed by atoms with van der Waals surface area (Å²) in [4.78, 5) is 9.03. The molecule has 0 amide bonds. The van der Waals surface area contributed by atoms with Crippen LogP contribution >= 0.6 is 15.9 Å². The monoisotopic (exact) mass is 327 g/mol. The van der Waals surface area contributed by atoms with Crippen molar-refractivity contribution in [3.05, 3.63) is 64.5 Å². The Kier molecular flexibility index (Phi) is 3.65. The van der Waals surface area contributed by atoms with Crippen molar-refractivity contribution in [2.75, 3.05) is 5.32 Å². The number of aromatic nitrogens is 2. The standard InChI is InChI=1S/C16H14BrN3/c1-11-8-9-12-4-2-6-14(16(12)19-11)18-10-13-5-3-7-15(17)20-13/h2-9,18H,10H2,1H3. The van der Waals surface area contributed by atoms with Gasteiger partial charge in [0.1, 0.15) is 4.60 Å². The van der Waals surface area contributed by atoms with Gasteiger partial charge in [0.05, 0.1) is 23.4 Å². The number of fused-ring (bicyclic) bond motifs is 1. The van der Waals surface area contributed by atoms with Crippen molar-refractivity contribution in [1.29, 1.82) is 0 Å². The van der Waals surface area contributed by atoms with Gasteiger partial charge >= 0.3 is 0 Å². The molecule has 0 aliphatic heterocycles. The molecule has 0 saturated heterocycles. The van der Waals surface area contributed by atoms with E-state index in [0.717, 1.165) is 32.6 Å². The zero-order valence-electron chi connectivity index (χ0n) is 11.1. The topological polar surface area (TPSA) is 37.8 Å². The molecule has 2 aromatic heterocycles. The van der Waals surface area contributed by atoms with Crippen molar-refractivity contribution in [2.24, 2.45) is 0 Å². The van der Waals surface area contributed by atoms with Crippen molar-refractivity contribution in [2.45, 2.75) is 13.5 Å². The number of benzene rings is 1. The molecule has 0 unspecified atom stereocenters. The molecule has 100 valence electrons. The second kappa shape index (κ2) is 5.59. The van der Waals surface area contributed by atoms with Crippen molar-refractivity contribution in [3.8, 4) is 0 Å². The molecule has 0 fully saturated rings. The summed E-state index contributed by atoms with van der Waals surface area (Å²) in [5, 5.41) is 4.55. The molecule has 3 rings (SSSR count). The molecule has 1 N–H and O–H groups in total. The van der Waals surface area contributed by atoms with Gasteiger partial charge in [-0.1, -0.05) is 24.3 Å². The Balaban J connectivity index is 1.89. The fourth-order valence-corrected chi connectivity index (χ4v) is 2.50. The Hall–Kier alpha value is -1.94. The van der Waals surface area contributed by atoms with Crippen molar-refractivity contribution in [1.82, 2.24) is 9.97 Å². The average Bonchev–Trinajstić information content (AvgIpc) is 2.45. The third-order valence-corrected chi connectivity index (χ3v) is 3.53. The highest BCUT2D eigenvalue weighted by Crippen LogP contribution is 2.22. The number of para-hydroxylation sites is 1. The molecule has 3 nitrogen and oxygen atoms in total. The Bertz CT molecular complexity index is 756. The van der Waals surface area contributed by atoms with Gasteiger partial charge in [-0.2, -0.15) is 0 Å². The minimum Gasteiger partial charge on any atom is -0.378 e. The van der Waals surface area contributed by atoms with E-state index in [1.165, 1.54) is 0 Å². The van der Waals surface area contributed by atoms with Crippen molar-refractivity contribution >= 4 is 32.5 Å². The predicted molar refractivity (Wildman–Crippen MR) is 85.7 cm³/mol. The van der Waals surface area contributed by atoms with Gasteiger partial charge in [-0.25, -0.2) is 4.98 Å². The Morgan fingerprint density at radius 2 is 1.85 bits per heavy atom. The Morgan fingerprint density at radius 3 is 2.70 bits per heavy atom. The second-order valence-corrected chi connectivity index (χ2v) is 5.45. The van der Waals surface area contributed by atoms with Gasteiger partial charge < -0.3 is 5.32 Å². The molecule has 0 aliphatic carbocycles. The van der Waals surface area contributed by atoms with Gasteiger partial charge in [-0.15, -0.1) is 0 Å². The molecule has 0 radical (unpaired) electrons. The number of halogens is 1. The summed E-state index contributed by atoms with van der Waals surface area (Å²) >= 11 is 3.39. The Morgan fingerprint density at radius 1 is 1.00 bits per heavy atom. The minimum absolute atomic E-state index is 0.675. The van der Waals surface area contributed by atoms with Crippen LogP contribution in [0.2, 0.25) is 0 Å². The van der Waals surface area contributed by atoms with Crippen molar-refractivity contribution in [3.63, 3.8) is 0 Å². The fraction of sp³-hybridized carbons (Fsp3) is 0.125. The lowest BCUT2D eigenvalue weighted by molar-refractivity contribution is 1.03. The SMILES string of the molecule is Cc1ccc2cccc(NCc3cccc(Br)n3)c2n1. The third kappa shape index (κ3) is 2.80. The van der Waals surface area contributed by atoms with E-state index in [1.807, 2.05) is 43.3 Å². The van der Waals surface area contributed by atoms with E-state index in [2.05, 4.69) is 43.3 Å². The number of nitrogens with one attached hydrogen (secondary N) is 1. The lowest BCUT2D eigenvalue weighted by Crippen LogP contribution is -2.02. The molecule has 1 aromatic carbocycles. The van der Waals surface area contributed by atoms with E-state index in [1.54, 1.807) is 0 Å². The maximum absolute atomic E-state index is 4.61. The van der Waals surface area contributed by atoms with E-state index >= 15 is 0 Å². The van der Waals surface area contributed by atoms with Gasteiger partial charge in [0.25, 0.3) is 0 Å². The summed E-state index contributed by atoms with van der Waals surface area (Å²) in [5.41, 5.74) is 4.05. The smallest absolute Gasteiger partial charge is 0.106 e. The minimum atomic E-state index is 0.675. The molecule has 4 heteroatoms. The van der Waals surface area contributed by atoms with Crippen LogP contribution in [0, 0.1) is 6.92 Å². The van der Waals surface area contributed by atoms with Gasteiger partial charge in [0, 0.05) is 11.1 Å². The predicted octanol–water partition coefficient (Wildman–Crippen LogP) is 4.31. The van der Waals surface area contributed by atoms with Crippen molar-refractivity contribution < 1.29 is 0 Å². The van der Waals surface area contributed by atoms with Crippen LogP contribution in [0.25, 0.3) is 10.9 Å². The first kappa shape index (κ1) is 13.1. The number of pyridine rings is 2. The van der Waals surface area contributed by atoms with Gasteiger partial charge in [0.2, 0.25) is 0 Å². The lowest BCUT2D eigenvalue weighted by Gasteiger charge is -2.09. The molecule has 3 aromatic rings. The van der Waals surface area contributed by atoms with Crippen LogP contribution in [-0.2, 0) is 6.54 Å². The van der Waals surface area contributed by atoms with E-state index in [9.17, 15) is 0 Å². The molecule has 0 aliphatic rings. The number of anilines is 1. The molecule has 20 heavy (non-hydrogen) atoms. The summed E-state index contributed by atoms with van der Waals surface area (Å²) < 4.78 is 0.851. The highest BCUT2D eigenvalue weighted by molar-refractivity contribution is 9.10. The number of hydrogen-bond donors (Lipinski definition) is 1. The van der Waals surface area contributed by atoms with Crippen LogP contribution in [0.1, 0.15) is 11.4 Å². The van der Waals surface area contributed by atoms with E-state index < -0.39 is 0 Å². The molecular formula is C16H14BrN3. The van der Waals surface area contributed by atoms with Crippen LogP contribution in [-0.4, -0.2) is 9.97 Å². The molecular weight excluding hydrogens is 314 g/mol. The molecule has 0 bridgehead atoms. The van der Waals surface area contributed by atoms with E-state index in [0.29, 0.717) is 6.54 Å². The number of hydrogen-bond acceptors (Lipinski definition) is 3. The first-order valence-corrected chi connectivity index (χ1v) is 7.23. The summed E-state index contributed by atoms with van der Waals surface area (Å²) in [6.07, 6.45) is 0. The second-order valence-electron chi connectivity index (χ2n) is 4.64. The summed E-state index contributed by atoms with van der Waals surface area (Å²) in [7, 11) is 0. The summed E-state index contributed by atoms with van der Waals surface area (Å²) in [6, 6.07) is 16.2. The largest absolute Gasteiger partial charge is 0.378 e. The fourth-order valence-electron chi connectivity index (χ4n) is 2.12. The maximum Gasteiger partial charge on any atom is 0.106 e. The van der Waals surface area contributed by atoms with Gasteiger partial charge in [-0.05, 0) is 47.1 Å². The Labute approximate surface area is 126 Å². The van der Waals surface area contributed by atoms with E-state index in [4.69, 9.17) is 0 Å². The summed E-state index contributed by atoms with van der Waals surface area (Å²) in [5.74, 6) is 0. The van der Waals surface area contributed by atoms with Crippen LogP contribution in [0.15, 0.2) is 53.1 Å². The molecule has 0 atom stereocenters. The third-order valence-electron chi connectivity index (χ3n) is 3.09. The van der Waals surface area contributed by atoms with Crippen LogP contribution in [0.3, 0.4) is 0 Å². The molecule has 2 heterocycles. The number of aryl methyl sites for hydroxylation is 1. The highest BCUT2D eigenvalue weighted by atomic mass is 79.9. The highest BCUT2D eigenvalue weighted by Gasteiger charge is 2.03. The van der Waals surface area contributed by atoms with Crippen LogP contribution < -0.4 is 5.32 Å². The van der Waals surface area contributed by atoms with Gasteiger partial charge in [0.15, 0.2) is 0 Å². The van der Waals surface area contributed by atoms with Gasteiger partial charge in [-0.3, -0.25) is 4.98 Å². The normalized spacial score (nSPS) is 10.7. The zero-order valence-corrected chi connectivity index (χ0v) is 12.7. The molecule has 0 saturated carbocycles. The van der Waals surface area contributed by atoms with E-state index in [-0.39, 0.29) is 0 Å². The first-order chi connectivity index (χ1) is 9.72. The quantitative estimate of drug-likeness (QED) is 0.728. The lowest BCUT2D eigenvalue weighted by atomic mass is 10.1. The number of nitrogens with zero attached hydrogens (tertiary/aromatic N) is 2. The van der Waals surface area contributed by atoms with Crippen LogP contribution in [0.4, 0.5) is 5.69 Å². The summed E-state index contributed by atoms with van der Waals surface area (Å²) in [6.45, 7) is 2.68.